The molecule has 0 aliphatic carbocycles. The minimum absolute atomic E-state index is 0.0821. The van der Waals surface area contributed by atoms with E-state index in [0.29, 0.717) is 12.4 Å². The third-order valence-corrected chi connectivity index (χ3v) is 4.19. The summed E-state index contributed by atoms with van der Waals surface area (Å²) in [6.45, 7) is 3.94. The number of carbonyl (C=O) groups excluding carboxylic acids is 1. The highest BCUT2D eigenvalue weighted by Gasteiger charge is 2.30. The van der Waals surface area contributed by atoms with Gasteiger partial charge in [-0.3, -0.25) is 4.79 Å². The van der Waals surface area contributed by atoms with Gasteiger partial charge in [-0.1, -0.05) is 13.8 Å². The largest absolute Gasteiger partial charge is 0.463 e. The summed E-state index contributed by atoms with van der Waals surface area (Å²) in [6.07, 6.45) is 4.74. The molecule has 1 saturated heterocycles. The monoisotopic (exact) mass is 359 g/mol. The number of esters is 1. The first-order chi connectivity index (χ1) is 12.5. The summed E-state index contributed by atoms with van der Waals surface area (Å²) in [4.78, 5) is 22.1. The van der Waals surface area contributed by atoms with Gasteiger partial charge < -0.3 is 14.4 Å². The summed E-state index contributed by atoms with van der Waals surface area (Å²) in [6, 6.07) is 3.94. The molecule has 1 fully saturated rings. The van der Waals surface area contributed by atoms with E-state index < -0.39 is 0 Å². The Morgan fingerprint density at radius 3 is 3.00 bits per heavy atom. The van der Waals surface area contributed by atoms with Gasteiger partial charge in [0, 0.05) is 14.1 Å². The SMILES string of the molecule is CC(C)C(=O)OC[C@@H]1CC[C@H](c2ccc3c(N=CN(C)C)ncnn23)O1. The lowest BCUT2D eigenvalue weighted by Crippen LogP contribution is -2.21. The van der Waals surface area contributed by atoms with Gasteiger partial charge in [-0.25, -0.2) is 14.5 Å². The Hall–Kier alpha value is -2.48. The second kappa shape index (κ2) is 7.82. The van der Waals surface area contributed by atoms with Gasteiger partial charge in [0.1, 0.15) is 24.6 Å². The number of nitrogens with zero attached hydrogens (tertiary/aromatic N) is 5. The van der Waals surface area contributed by atoms with Gasteiger partial charge in [-0.15, -0.1) is 0 Å². The van der Waals surface area contributed by atoms with Gasteiger partial charge in [-0.2, -0.15) is 5.10 Å². The maximum Gasteiger partial charge on any atom is 0.308 e. The van der Waals surface area contributed by atoms with Crippen LogP contribution in [0.4, 0.5) is 5.82 Å². The quantitative estimate of drug-likeness (QED) is 0.447. The molecular weight excluding hydrogens is 334 g/mol. The van der Waals surface area contributed by atoms with E-state index in [4.69, 9.17) is 9.47 Å². The zero-order chi connectivity index (χ0) is 18.7. The lowest BCUT2D eigenvalue weighted by molar-refractivity contribution is -0.151. The minimum atomic E-state index is -0.193. The van der Waals surface area contributed by atoms with Crippen LogP contribution in [-0.2, 0) is 14.3 Å². The standard InChI is InChI=1S/C18H25N5O3/c1-12(2)18(24)25-9-13-5-8-16(26-13)14-6-7-15-17(20-11-22(3)4)19-10-21-23(14)15/h6-7,10-13,16H,5,8-9H2,1-4H3/t13-,16+/m0/s1. The van der Waals surface area contributed by atoms with Gasteiger partial charge in [0.15, 0.2) is 5.82 Å². The summed E-state index contributed by atoms with van der Waals surface area (Å²) >= 11 is 0. The Labute approximate surface area is 152 Å². The Kier molecular flexibility index (Phi) is 5.51. The van der Waals surface area contributed by atoms with Gasteiger partial charge in [0.05, 0.1) is 24.1 Å². The van der Waals surface area contributed by atoms with E-state index in [2.05, 4.69) is 15.1 Å². The fourth-order valence-corrected chi connectivity index (χ4v) is 2.84. The van der Waals surface area contributed by atoms with E-state index in [9.17, 15) is 4.79 Å². The van der Waals surface area contributed by atoms with Crippen LogP contribution >= 0.6 is 0 Å². The molecule has 2 aromatic heterocycles. The maximum atomic E-state index is 11.6. The van der Waals surface area contributed by atoms with Gasteiger partial charge in [-0.05, 0) is 25.0 Å². The third-order valence-electron chi connectivity index (χ3n) is 4.19. The van der Waals surface area contributed by atoms with Crippen molar-refractivity contribution < 1.29 is 14.3 Å². The average molecular weight is 359 g/mol. The number of fused-ring (bicyclic) bond motifs is 1. The number of aliphatic imine (C=N–C) groups is 1. The smallest absolute Gasteiger partial charge is 0.308 e. The number of carbonyl (C=O) groups is 1. The molecule has 8 heteroatoms. The molecule has 8 nitrogen and oxygen atoms in total. The molecule has 0 amide bonds. The average Bonchev–Trinajstić information content (AvgIpc) is 3.24. The van der Waals surface area contributed by atoms with Crippen molar-refractivity contribution in [2.75, 3.05) is 20.7 Å². The summed E-state index contributed by atoms with van der Waals surface area (Å²) in [5.41, 5.74) is 1.79. The van der Waals surface area contributed by atoms with Crippen LogP contribution in [0.5, 0.6) is 0 Å². The fraction of sp³-hybridized carbons (Fsp3) is 0.556. The van der Waals surface area contributed by atoms with Crippen molar-refractivity contribution in [1.29, 1.82) is 0 Å². The van der Waals surface area contributed by atoms with Crippen molar-refractivity contribution in [3.8, 4) is 0 Å². The van der Waals surface area contributed by atoms with Crippen molar-refractivity contribution in [3.63, 3.8) is 0 Å². The summed E-state index contributed by atoms with van der Waals surface area (Å²) in [7, 11) is 3.81. The second-order valence-electron chi connectivity index (χ2n) is 6.96. The first-order valence-electron chi connectivity index (χ1n) is 8.81. The molecule has 0 N–H and O–H groups in total. The van der Waals surface area contributed by atoms with Crippen molar-refractivity contribution in [3.05, 3.63) is 24.2 Å². The predicted octanol–water partition coefficient (Wildman–Crippen LogP) is 2.37. The van der Waals surface area contributed by atoms with E-state index in [-0.39, 0.29) is 24.1 Å². The van der Waals surface area contributed by atoms with E-state index >= 15 is 0 Å². The molecule has 1 aliphatic rings. The Morgan fingerprint density at radius 2 is 2.27 bits per heavy atom. The minimum Gasteiger partial charge on any atom is -0.463 e. The van der Waals surface area contributed by atoms with Crippen molar-refractivity contribution >= 4 is 23.6 Å². The molecule has 0 radical (unpaired) electrons. The molecule has 0 saturated carbocycles. The van der Waals surface area contributed by atoms with Crippen molar-refractivity contribution in [2.45, 2.75) is 38.9 Å². The van der Waals surface area contributed by atoms with Crippen LogP contribution in [0.1, 0.15) is 38.5 Å². The molecule has 0 spiro atoms. The zero-order valence-electron chi connectivity index (χ0n) is 15.6. The number of hydrogen-bond acceptors (Lipinski definition) is 6. The molecule has 140 valence electrons. The predicted molar refractivity (Wildman–Crippen MR) is 97.5 cm³/mol. The summed E-state index contributed by atoms with van der Waals surface area (Å²) in [5.74, 6) is 0.293. The van der Waals surface area contributed by atoms with E-state index in [0.717, 1.165) is 24.1 Å². The normalized spacial score (nSPS) is 20.3. The lowest BCUT2D eigenvalue weighted by Gasteiger charge is -2.15. The highest BCUT2D eigenvalue weighted by molar-refractivity contribution is 5.71. The first kappa shape index (κ1) is 18.3. The Morgan fingerprint density at radius 1 is 1.46 bits per heavy atom. The molecule has 3 heterocycles. The molecule has 1 aliphatic heterocycles. The maximum absolute atomic E-state index is 11.6. The lowest BCUT2D eigenvalue weighted by atomic mass is 10.1. The Balaban J connectivity index is 1.72. The molecule has 2 aromatic rings. The van der Waals surface area contributed by atoms with Crippen molar-refractivity contribution in [1.82, 2.24) is 19.5 Å². The second-order valence-corrected chi connectivity index (χ2v) is 6.96. The molecule has 0 aromatic carbocycles. The van der Waals surface area contributed by atoms with Crippen molar-refractivity contribution in [2.24, 2.45) is 10.9 Å². The number of rotatable bonds is 6. The van der Waals surface area contributed by atoms with Crippen LogP contribution < -0.4 is 0 Å². The first-order valence-corrected chi connectivity index (χ1v) is 8.81. The van der Waals surface area contributed by atoms with Crippen LogP contribution in [0, 0.1) is 5.92 Å². The van der Waals surface area contributed by atoms with E-state index in [1.807, 2.05) is 49.5 Å². The topological polar surface area (TPSA) is 81.3 Å². The highest BCUT2D eigenvalue weighted by Crippen LogP contribution is 2.34. The van der Waals surface area contributed by atoms with Crippen LogP contribution in [-0.4, -0.2) is 58.6 Å². The fourth-order valence-electron chi connectivity index (χ4n) is 2.84. The van der Waals surface area contributed by atoms with E-state index in [1.165, 1.54) is 6.33 Å². The molecule has 3 rings (SSSR count). The third kappa shape index (κ3) is 4.01. The van der Waals surface area contributed by atoms with Crippen LogP contribution in [0.15, 0.2) is 23.5 Å². The highest BCUT2D eigenvalue weighted by atomic mass is 16.6. The number of hydrogen-bond donors (Lipinski definition) is 0. The number of aromatic nitrogens is 3. The molecule has 0 unspecified atom stereocenters. The van der Waals surface area contributed by atoms with Gasteiger partial charge in [0.25, 0.3) is 0 Å². The molecule has 0 bridgehead atoms. The van der Waals surface area contributed by atoms with E-state index in [1.54, 1.807) is 6.34 Å². The summed E-state index contributed by atoms with van der Waals surface area (Å²) < 4.78 is 13.2. The van der Waals surface area contributed by atoms with Gasteiger partial charge >= 0.3 is 5.97 Å². The Bertz CT molecular complexity index is 799. The van der Waals surface area contributed by atoms with Crippen LogP contribution in [0.3, 0.4) is 0 Å². The van der Waals surface area contributed by atoms with Crippen LogP contribution in [0.25, 0.3) is 5.52 Å². The van der Waals surface area contributed by atoms with Crippen LogP contribution in [0.2, 0.25) is 0 Å². The molecular formula is C18H25N5O3. The van der Waals surface area contributed by atoms with Gasteiger partial charge in [0.2, 0.25) is 0 Å². The number of ether oxygens (including phenoxy) is 2. The molecule has 26 heavy (non-hydrogen) atoms. The molecule has 2 atom stereocenters. The zero-order valence-corrected chi connectivity index (χ0v) is 15.6. The summed E-state index contributed by atoms with van der Waals surface area (Å²) in [5, 5.41) is 4.35.